The number of aryl methyl sites for hydroxylation is 1. The van der Waals surface area contributed by atoms with Crippen LogP contribution in [-0.2, 0) is 13.1 Å². The monoisotopic (exact) mass is 287 g/mol. The lowest BCUT2D eigenvalue weighted by molar-refractivity contribution is 0.220. The second kappa shape index (κ2) is 7.96. The first-order valence-electron chi connectivity index (χ1n) is 7.45. The Morgan fingerprint density at radius 1 is 1.05 bits per heavy atom. The molecule has 0 aliphatic carbocycles. The maximum atomic E-state index is 5.48. The summed E-state index contributed by atoms with van der Waals surface area (Å²) in [7, 11) is 4.22. The Balaban J connectivity index is 1.96. The highest BCUT2D eigenvalue weighted by Crippen LogP contribution is 2.10. The van der Waals surface area contributed by atoms with Gasteiger partial charge in [-0.05, 0) is 58.3 Å². The van der Waals surface area contributed by atoms with Gasteiger partial charge < -0.3 is 9.32 Å². The summed E-state index contributed by atoms with van der Waals surface area (Å²) in [6, 6.07) is 10.2. The Kier molecular flexibility index (Phi) is 5.96. The zero-order valence-corrected chi connectivity index (χ0v) is 13.2. The van der Waals surface area contributed by atoms with Gasteiger partial charge in [-0.15, -0.1) is 0 Å². The lowest BCUT2D eigenvalue weighted by atomic mass is 10.2. The quantitative estimate of drug-likeness (QED) is 0.747. The van der Waals surface area contributed by atoms with Crippen molar-refractivity contribution in [2.45, 2.75) is 26.4 Å². The second-order valence-corrected chi connectivity index (χ2v) is 5.72. The molecule has 0 radical (unpaired) electrons. The standard InChI is InChI=1S/C17H25N3O/c1-15-7-4-8-16(18-15)13-20(11-6-10-19(2)3)14-17-9-5-12-21-17/h4-5,7-9,12H,6,10-11,13-14H2,1-3H3. The van der Waals surface area contributed by atoms with Crippen LogP contribution in [0.15, 0.2) is 41.0 Å². The summed E-state index contributed by atoms with van der Waals surface area (Å²) in [6.45, 7) is 5.85. The van der Waals surface area contributed by atoms with Gasteiger partial charge in [0, 0.05) is 18.8 Å². The minimum atomic E-state index is 0.829. The van der Waals surface area contributed by atoms with Crippen molar-refractivity contribution in [1.82, 2.24) is 14.8 Å². The van der Waals surface area contributed by atoms with Crippen molar-refractivity contribution in [2.75, 3.05) is 27.2 Å². The Morgan fingerprint density at radius 2 is 1.90 bits per heavy atom. The number of nitrogens with zero attached hydrogens (tertiary/aromatic N) is 3. The number of hydrogen-bond donors (Lipinski definition) is 0. The minimum Gasteiger partial charge on any atom is -0.468 e. The molecule has 2 rings (SSSR count). The molecule has 0 aliphatic heterocycles. The van der Waals surface area contributed by atoms with Gasteiger partial charge in [-0.1, -0.05) is 6.07 Å². The lowest BCUT2D eigenvalue weighted by Crippen LogP contribution is -2.27. The van der Waals surface area contributed by atoms with Gasteiger partial charge in [-0.25, -0.2) is 0 Å². The molecule has 4 nitrogen and oxygen atoms in total. The molecule has 0 unspecified atom stereocenters. The first kappa shape index (κ1) is 15.7. The molecule has 2 heterocycles. The van der Waals surface area contributed by atoms with Crippen molar-refractivity contribution in [3.05, 3.63) is 53.7 Å². The minimum absolute atomic E-state index is 0.829. The molecule has 0 amide bonds. The molecule has 0 atom stereocenters. The first-order chi connectivity index (χ1) is 10.1. The van der Waals surface area contributed by atoms with E-state index in [0.717, 1.165) is 49.7 Å². The maximum absolute atomic E-state index is 5.48. The molecule has 0 N–H and O–H groups in total. The number of pyridine rings is 1. The average Bonchev–Trinajstić information content (AvgIpc) is 2.91. The van der Waals surface area contributed by atoms with Crippen LogP contribution >= 0.6 is 0 Å². The van der Waals surface area contributed by atoms with Crippen LogP contribution in [0.3, 0.4) is 0 Å². The fourth-order valence-electron chi connectivity index (χ4n) is 2.36. The van der Waals surface area contributed by atoms with E-state index >= 15 is 0 Å². The molecule has 0 aliphatic rings. The van der Waals surface area contributed by atoms with Crippen molar-refractivity contribution in [2.24, 2.45) is 0 Å². The molecule has 2 aromatic heterocycles. The third-order valence-corrected chi connectivity index (χ3v) is 3.37. The molecular weight excluding hydrogens is 262 g/mol. The molecule has 21 heavy (non-hydrogen) atoms. The van der Waals surface area contributed by atoms with Crippen LogP contribution in [0, 0.1) is 6.92 Å². The van der Waals surface area contributed by atoms with Crippen molar-refractivity contribution < 1.29 is 4.42 Å². The van der Waals surface area contributed by atoms with Gasteiger partial charge in [0.25, 0.3) is 0 Å². The molecule has 2 aromatic rings. The van der Waals surface area contributed by atoms with Crippen molar-refractivity contribution in [1.29, 1.82) is 0 Å². The predicted molar refractivity (Wildman–Crippen MR) is 85.0 cm³/mol. The van der Waals surface area contributed by atoms with Gasteiger partial charge in [-0.3, -0.25) is 9.88 Å². The Labute approximate surface area is 127 Å². The van der Waals surface area contributed by atoms with Gasteiger partial charge in [0.05, 0.1) is 18.5 Å². The van der Waals surface area contributed by atoms with Crippen molar-refractivity contribution in [3.63, 3.8) is 0 Å². The van der Waals surface area contributed by atoms with Gasteiger partial charge in [0.1, 0.15) is 5.76 Å². The molecule has 0 saturated carbocycles. The van der Waals surface area contributed by atoms with E-state index < -0.39 is 0 Å². The zero-order valence-electron chi connectivity index (χ0n) is 13.2. The third kappa shape index (κ3) is 5.69. The summed E-state index contributed by atoms with van der Waals surface area (Å²) in [5, 5.41) is 0. The van der Waals surface area contributed by atoms with Crippen LogP contribution in [0.1, 0.15) is 23.6 Å². The van der Waals surface area contributed by atoms with E-state index in [1.54, 1.807) is 6.26 Å². The van der Waals surface area contributed by atoms with E-state index in [1.807, 2.05) is 25.1 Å². The summed E-state index contributed by atoms with van der Waals surface area (Å²) in [5.74, 6) is 1.01. The summed E-state index contributed by atoms with van der Waals surface area (Å²) in [5.41, 5.74) is 2.19. The molecule has 114 valence electrons. The number of furan rings is 1. The first-order valence-corrected chi connectivity index (χ1v) is 7.45. The smallest absolute Gasteiger partial charge is 0.117 e. The molecule has 0 saturated heterocycles. The fraction of sp³-hybridized carbons (Fsp3) is 0.471. The van der Waals surface area contributed by atoms with E-state index in [2.05, 4.69) is 41.0 Å². The highest BCUT2D eigenvalue weighted by atomic mass is 16.3. The van der Waals surface area contributed by atoms with Gasteiger partial charge >= 0.3 is 0 Å². The normalized spacial score (nSPS) is 11.5. The van der Waals surface area contributed by atoms with Crippen LogP contribution in [0.5, 0.6) is 0 Å². The topological polar surface area (TPSA) is 32.5 Å². The van der Waals surface area contributed by atoms with Gasteiger partial charge in [0.2, 0.25) is 0 Å². The SMILES string of the molecule is Cc1cccc(CN(CCCN(C)C)Cc2ccco2)n1. The zero-order chi connectivity index (χ0) is 15.1. The molecule has 0 fully saturated rings. The average molecular weight is 287 g/mol. The number of rotatable bonds is 8. The molecular formula is C17H25N3O. The molecule has 4 heteroatoms. The molecule has 0 bridgehead atoms. The second-order valence-electron chi connectivity index (χ2n) is 5.72. The van der Waals surface area contributed by atoms with Crippen LogP contribution < -0.4 is 0 Å². The van der Waals surface area contributed by atoms with E-state index in [9.17, 15) is 0 Å². The molecule has 0 aromatic carbocycles. The van der Waals surface area contributed by atoms with Gasteiger partial charge in [0.15, 0.2) is 0 Å². The van der Waals surface area contributed by atoms with E-state index in [1.165, 1.54) is 0 Å². The number of hydrogen-bond acceptors (Lipinski definition) is 4. The van der Waals surface area contributed by atoms with Crippen molar-refractivity contribution in [3.8, 4) is 0 Å². The van der Waals surface area contributed by atoms with E-state index in [-0.39, 0.29) is 0 Å². The Bertz CT molecular complexity index is 523. The predicted octanol–water partition coefficient (Wildman–Crippen LogP) is 2.94. The van der Waals surface area contributed by atoms with Crippen molar-refractivity contribution >= 4 is 0 Å². The maximum Gasteiger partial charge on any atom is 0.117 e. The van der Waals surface area contributed by atoms with Crippen LogP contribution in [-0.4, -0.2) is 42.0 Å². The summed E-state index contributed by atoms with van der Waals surface area (Å²) >= 11 is 0. The van der Waals surface area contributed by atoms with E-state index in [4.69, 9.17) is 4.42 Å². The van der Waals surface area contributed by atoms with Gasteiger partial charge in [-0.2, -0.15) is 0 Å². The highest BCUT2D eigenvalue weighted by Gasteiger charge is 2.10. The largest absolute Gasteiger partial charge is 0.468 e. The number of aromatic nitrogens is 1. The summed E-state index contributed by atoms with van der Waals surface area (Å²) < 4.78 is 5.48. The van der Waals surface area contributed by atoms with E-state index in [0.29, 0.717) is 0 Å². The Hall–Kier alpha value is -1.65. The highest BCUT2D eigenvalue weighted by molar-refractivity contribution is 5.10. The Morgan fingerprint density at radius 3 is 2.57 bits per heavy atom. The molecule has 0 spiro atoms. The van der Waals surface area contributed by atoms with Crippen LogP contribution in [0.25, 0.3) is 0 Å². The van der Waals surface area contributed by atoms with Crippen LogP contribution in [0.2, 0.25) is 0 Å². The third-order valence-electron chi connectivity index (χ3n) is 3.37. The summed E-state index contributed by atoms with van der Waals surface area (Å²) in [4.78, 5) is 9.21. The lowest BCUT2D eigenvalue weighted by Gasteiger charge is -2.22. The summed E-state index contributed by atoms with van der Waals surface area (Å²) in [6.07, 6.45) is 2.87. The fourth-order valence-corrected chi connectivity index (χ4v) is 2.36. The van der Waals surface area contributed by atoms with Crippen LogP contribution in [0.4, 0.5) is 0 Å².